The summed E-state index contributed by atoms with van der Waals surface area (Å²) in [6.45, 7) is 5.15. The number of nitriles is 1. The number of nitrogens with zero attached hydrogens (tertiary/aromatic N) is 3. The van der Waals surface area contributed by atoms with Crippen LogP contribution in [0.3, 0.4) is 0 Å². The van der Waals surface area contributed by atoms with E-state index in [4.69, 9.17) is 10.00 Å². The summed E-state index contributed by atoms with van der Waals surface area (Å²) in [4.78, 5) is 5.13. The van der Waals surface area contributed by atoms with Crippen LogP contribution in [-0.2, 0) is 16.9 Å². The van der Waals surface area contributed by atoms with Crippen molar-refractivity contribution in [3.05, 3.63) is 65.2 Å². The van der Waals surface area contributed by atoms with E-state index >= 15 is 0 Å². The molecule has 0 aromatic heterocycles. The zero-order valence-electron chi connectivity index (χ0n) is 16.3. The first-order valence-corrected chi connectivity index (χ1v) is 10.5. The van der Waals surface area contributed by atoms with Gasteiger partial charge in [-0.2, -0.15) is 5.26 Å². The van der Waals surface area contributed by atoms with Crippen LogP contribution in [0.5, 0.6) is 0 Å². The molecule has 1 spiro atoms. The van der Waals surface area contributed by atoms with Gasteiger partial charge in [0.1, 0.15) is 0 Å². The Morgan fingerprint density at radius 3 is 2.36 bits per heavy atom. The monoisotopic (exact) mass is 373 g/mol. The zero-order chi connectivity index (χ0) is 19.0. The van der Waals surface area contributed by atoms with Gasteiger partial charge in [-0.05, 0) is 61.1 Å². The van der Waals surface area contributed by atoms with Crippen molar-refractivity contribution in [2.24, 2.45) is 0 Å². The van der Waals surface area contributed by atoms with Crippen molar-refractivity contribution in [2.75, 3.05) is 31.1 Å². The highest BCUT2D eigenvalue weighted by atomic mass is 16.5. The van der Waals surface area contributed by atoms with Crippen LogP contribution in [0, 0.1) is 11.3 Å². The fraction of sp³-hybridized carbons (Fsp3) is 0.458. The lowest BCUT2D eigenvalue weighted by Gasteiger charge is -2.45. The number of hydrogen-bond acceptors (Lipinski definition) is 4. The highest BCUT2D eigenvalue weighted by Crippen LogP contribution is 2.47. The molecule has 28 heavy (non-hydrogen) atoms. The molecule has 3 aliphatic rings. The van der Waals surface area contributed by atoms with E-state index in [0.717, 1.165) is 51.2 Å². The van der Waals surface area contributed by atoms with Crippen LogP contribution in [0.25, 0.3) is 0 Å². The summed E-state index contributed by atoms with van der Waals surface area (Å²) in [6, 6.07) is 19.7. The number of fused-ring (bicyclic) bond motifs is 2. The minimum Gasteiger partial charge on any atom is -0.369 e. The molecule has 4 nitrogen and oxygen atoms in total. The van der Waals surface area contributed by atoms with Crippen LogP contribution in [0.15, 0.2) is 48.5 Å². The van der Waals surface area contributed by atoms with Gasteiger partial charge in [0.2, 0.25) is 0 Å². The molecule has 1 aliphatic carbocycles. The lowest BCUT2D eigenvalue weighted by molar-refractivity contribution is -0.0777. The van der Waals surface area contributed by atoms with Gasteiger partial charge in [-0.25, -0.2) is 0 Å². The van der Waals surface area contributed by atoms with Gasteiger partial charge in [0.05, 0.1) is 23.8 Å². The molecule has 2 aliphatic heterocycles. The average Bonchev–Trinajstić information content (AvgIpc) is 3.13. The molecule has 0 N–H and O–H groups in total. The predicted molar refractivity (Wildman–Crippen MR) is 110 cm³/mol. The normalized spacial score (nSPS) is 27.5. The predicted octanol–water partition coefficient (Wildman–Crippen LogP) is 4.05. The van der Waals surface area contributed by atoms with Gasteiger partial charge in [-0.1, -0.05) is 24.3 Å². The van der Waals surface area contributed by atoms with Crippen molar-refractivity contribution in [3.8, 4) is 6.07 Å². The van der Waals surface area contributed by atoms with Gasteiger partial charge in [0.25, 0.3) is 0 Å². The summed E-state index contributed by atoms with van der Waals surface area (Å²) >= 11 is 0. The quantitative estimate of drug-likeness (QED) is 0.796. The summed E-state index contributed by atoms with van der Waals surface area (Å²) in [6.07, 6.45) is 4.74. The minimum atomic E-state index is -0.0165. The molecule has 2 fully saturated rings. The van der Waals surface area contributed by atoms with Crippen molar-refractivity contribution >= 4 is 5.69 Å². The zero-order valence-corrected chi connectivity index (χ0v) is 16.3. The molecule has 0 bridgehead atoms. The second kappa shape index (κ2) is 7.24. The maximum atomic E-state index is 8.97. The van der Waals surface area contributed by atoms with Gasteiger partial charge < -0.3 is 9.64 Å². The molecule has 5 rings (SSSR count). The Balaban J connectivity index is 1.18. The van der Waals surface area contributed by atoms with Crippen molar-refractivity contribution < 1.29 is 4.74 Å². The van der Waals surface area contributed by atoms with E-state index in [0.29, 0.717) is 6.04 Å². The summed E-state index contributed by atoms with van der Waals surface area (Å²) in [5.74, 6) is 0. The Bertz CT molecular complexity index is 869. The number of ether oxygens (including phenoxy) is 1. The largest absolute Gasteiger partial charge is 0.369 e. The first kappa shape index (κ1) is 17.7. The first-order valence-electron chi connectivity index (χ1n) is 10.5. The molecule has 144 valence electrons. The van der Waals surface area contributed by atoms with Crippen molar-refractivity contribution in [1.29, 1.82) is 5.26 Å². The van der Waals surface area contributed by atoms with E-state index in [1.54, 1.807) is 0 Å². The molecule has 2 heterocycles. The number of hydrogen-bond donors (Lipinski definition) is 0. The molecule has 0 amide bonds. The summed E-state index contributed by atoms with van der Waals surface area (Å²) < 4.78 is 6.33. The van der Waals surface area contributed by atoms with Gasteiger partial charge in [0.15, 0.2) is 0 Å². The van der Waals surface area contributed by atoms with Gasteiger partial charge >= 0.3 is 0 Å². The summed E-state index contributed by atoms with van der Waals surface area (Å²) in [7, 11) is 0. The highest BCUT2D eigenvalue weighted by molar-refractivity contribution is 5.50. The van der Waals surface area contributed by atoms with Crippen molar-refractivity contribution in [1.82, 2.24) is 4.90 Å². The lowest BCUT2D eigenvalue weighted by Crippen LogP contribution is -2.52. The Morgan fingerprint density at radius 2 is 1.64 bits per heavy atom. The third kappa shape index (κ3) is 3.09. The van der Waals surface area contributed by atoms with Gasteiger partial charge in [-0.15, -0.1) is 0 Å². The van der Waals surface area contributed by atoms with Crippen LogP contribution < -0.4 is 4.90 Å². The second-order valence-corrected chi connectivity index (χ2v) is 8.35. The standard InChI is InChI=1S/C24H27N3O/c25-17-19-5-7-21(8-6-19)26-13-15-27(16-14-26)22-9-11-24(12-10-22)23-4-2-1-3-20(23)18-28-24/h1-8,22H,9-16,18H2. The maximum Gasteiger partial charge on any atom is 0.0991 e. The van der Waals surface area contributed by atoms with Crippen molar-refractivity contribution in [2.45, 2.75) is 43.9 Å². The van der Waals surface area contributed by atoms with E-state index in [9.17, 15) is 0 Å². The molecule has 2 aromatic carbocycles. The molecule has 2 aromatic rings. The third-order valence-electron chi connectivity index (χ3n) is 6.97. The molecule has 1 saturated carbocycles. The molecular formula is C24H27N3O. The number of benzene rings is 2. The Labute approximate surface area is 167 Å². The summed E-state index contributed by atoms with van der Waals surface area (Å²) in [5.41, 5.74) is 4.78. The first-order chi connectivity index (χ1) is 13.8. The molecule has 0 atom stereocenters. The van der Waals surface area contributed by atoms with Crippen LogP contribution in [0.4, 0.5) is 5.69 Å². The Kier molecular flexibility index (Phi) is 4.58. The average molecular weight is 374 g/mol. The van der Waals surface area contributed by atoms with Crippen LogP contribution in [-0.4, -0.2) is 37.1 Å². The fourth-order valence-corrected chi connectivity index (χ4v) is 5.32. The van der Waals surface area contributed by atoms with Crippen molar-refractivity contribution in [3.63, 3.8) is 0 Å². The Hall–Kier alpha value is -2.35. The molecule has 4 heteroatoms. The molecule has 1 saturated heterocycles. The van der Waals surface area contributed by atoms with E-state index in [-0.39, 0.29) is 5.60 Å². The van der Waals surface area contributed by atoms with Crippen LogP contribution in [0.1, 0.15) is 42.4 Å². The maximum absolute atomic E-state index is 8.97. The van der Waals surface area contributed by atoms with E-state index < -0.39 is 0 Å². The van der Waals surface area contributed by atoms with Gasteiger partial charge in [0, 0.05) is 37.9 Å². The number of piperazine rings is 1. The third-order valence-corrected chi connectivity index (χ3v) is 6.97. The number of anilines is 1. The topological polar surface area (TPSA) is 39.5 Å². The lowest BCUT2D eigenvalue weighted by atomic mass is 9.77. The SMILES string of the molecule is N#Cc1ccc(N2CCN(C3CCC4(CC3)OCc3ccccc34)CC2)cc1. The second-order valence-electron chi connectivity index (χ2n) is 8.35. The fourth-order valence-electron chi connectivity index (χ4n) is 5.32. The highest BCUT2D eigenvalue weighted by Gasteiger charge is 2.43. The summed E-state index contributed by atoms with van der Waals surface area (Å²) in [5, 5.41) is 8.97. The van der Waals surface area contributed by atoms with E-state index in [2.05, 4.69) is 52.3 Å². The molecule has 0 radical (unpaired) electrons. The van der Waals surface area contributed by atoms with Crippen LogP contribution >= 0.6 is 0 Å². The smallest absolute Gasteiger partial charge is 0.0991 e. The molecular weight excluding hydrogens is 346 g/mol. The minimum absolute atomic E-state index is 0.0165. The van der Waals surface area contributed by atoms with Crippen LogP contribution in [0.2, 0.25) is 0 Å². The van der Waals surface area contributed by atoms with E-state index in [1.807, 2.05) is 12.1 Å². The van der Waals surface area contributed by atoms with Gasteiger partial charge in [-0.3, -0.25) is 4.90 Å². The Morgan fingerprint density at radius 1 is 0.929 bits per heavy atom. The molecule has 0 unspecified atom stereocenters. The number of rotatable bonds is 2. The van der Waals surface area contributed by atoms with E-state index in [1.165, 1.54) is 29.7 Å².